The SMILES string of the molecule is CCCc1nc(NN)cc(NCCC(=O)NC(C)(C)C)n1. The van der Waals surface area contributed by atoms with Crippen molar-refractivity contribution in [2.75, 3.05) is 17.3 Å². The quantitative estimate of drug-likeness (QED) is 0.448. The molecule has 1 aromatic rings. The van der Waals surface area contributed by atoms with Crippen molar-refractivity contribution in [3.63, 3.8) is 0 Å². The van der Waals surface area contributed by atoms with Gasteiger partial charge in [-0.3, -0.25) is 4.79 Å². The molecule has 0 bridgehead atoms. The molecule has 1 rings (SSSR count). The number of carbonyl (C=O) groups is 1. The number of nitrogens with zero attached hydrogens (tertiary/aromatic N) is 2. The van der Waals surface area contributed by atoms with Crippen LogP contribution in [0.25, 0.3) is 0 Å². The van der Waals surface area contributed by atoms with Crippen LogP contribution >= 0.6 is 0 Å². The number of hydrazine groups is 1. The molecule has 1 amide bonds. The molecule has 1 aromatic heterocycles. The van der Waals surface area contributed by atoms with Gasteiger partial charge in [-0.1, -0.05) is 6.92 Å². The first-order valence-electron chi connectivity index (χ1n) is 7.23. The Morgan fingerprint density at radius 3 is 2.52 bits per heavy atom. The molecule has 0 radical (unpaired) electrons. The van der Waals surface area contributed by atoms with E-state index in [0.29, 0.717) is 24.6 Å². The first kappa shape index (κ1) is 17.2. The van der Waals surface area contributed by atoms with Gasteiger partial charge in [-0.25, -0.2) is 15.8 Å². The second-order valence-electron chi connectivity index (χ2n) is 5.92. The highest BCUT2D eigenvalue weighted by atomic mass is 16.1. The molecule has 0 aromatic carbocycles. The Bertz CT molecular complexity index is 469. The summed E-state index contributed by atoms with van der Waals surface area (Å²) >= 11 is 0. The van der Waals surface area contributed by atoms with Crippen LogP contribution in [0.1, 0.15) is 46.4 Å². The topological polar surface area (TPSA) is 105 Å². The average molecular weight is 294 g/mol. The van der Waals surface area contributed by atoms with Crippen molar-refractivity contribution in [3.05, 3.63) is 11.9 Å². The van der Waals surface area contributed by atoms with E-state index >= 15 is 0 Å². The van der Waals surface area contributed by atoms with E-state index in [1.54, 1.807) is 6.07 Å². The van der Waals surface area contributed by atoms with Crippen LogP contribution < -0.4 is 21.9 Å². The van der Waals surface area contributed by atoms with Gasteiger partial charge < -0.3 is 16.1 Å². The monoisotopic (exact) mass is 294 g/mol. The molecular formula is C14H26N6O. The maximum Gasteiger partial charge on any atom is 0.222 e. The van der Waals surface area contributed by atoms with Gasteiger partial charge in [0.25, 0.3) is 0 Å². The minimum absolute atomic E-state index is 0.00927. The average Bonchev–Trinajstić information content (AvgIpc) is 2.36. The number of carbonyl (C=O) groups excluding carboxylic acids is 1. The predicted molar refractivity (Wildman–Crippen MR) is 84.8 cm³/mol. The number of anilines is 2. The lowest BCUT2D eigenvalue weighted by Crippen LogP contribution is -2.41. The molecule has 0 saturated heterocycles. The standard InChI is InChI=1S/C14H26N6O/c1-5-6-10-17-11(9-12(18-10)20-15)16-8-7-13(21)19-14(2,3)4/h9H,5-8,15H2,1-4H3,(H,19,21)(H2,16,17,18,20). The highest BCUT2D eigenvalue weighted by Crippen LogP contribution is 2.11. The molecular weight excluding hydrogens is 268 g/mol. The van der Waals surface area contributed by atoms with Gasteiger partial charge in [-0.15, -0.1) is 0 Å². The van der Waals surface area contributed by atoms with E-state index in [1.165, 1.54) is 0 Å². The van der Waals surface area contributed by atoms with Crippen molar-refractivity contribution in [1.29, 1.82) is 0 Å². The molecule has 0 aliphatic rings. The molecule has 1 heterocycles. The molecule has 0 aliphatic carbocycles. The van der Waals surface area contributed by atoms with Crippen molar-refractivity contribution >= 4 is 17.5 Å². The summed E-state index contributed by atoms with van der Waals surface area (Å²) in [7, 11) is 0. The summed E-state index contributed by atoms with van der Waals surface area (Å²) in [6, 6.07) is 1.72. The Balaban J connectivity index is 2.54. The first-order valence-corrected chi connectivity index (χ1v) is 7.23. The number of nitrogen functional groups attached to an aromatic ring is 1. The number of aryl methyl sites for hydroxylation is 1. The van der Waals surface area contributed by atoms with E-state index in [4.69, 9.17) is 5.84 Å². The fourth-order valence-electron chi connectivity index (χ4n) is 1.78. The normalized spacial score (nSPS) is 11.1. The lowest BCUT2D eigenvalue weighted by Gasteiger charge is -2.20. The lowest BCUT2D eigenvalue weighted by molar-refractivity contribution is -0.122. The zero-order chi connectivity index (χ0) is 15.9. The van der Waals surface area contributed by atoms with E-state index in [0.717, 1.165) is 18.7 Å². The zero-order valence-corrected chi connectivity index (χ0v) is 13.3. The van der Waals surface area contributed by atoms with Gasteiger partial charge in [0.1, 0.15) is 17.5 Å². The molecule has 0 aliphatic heterocycles. The maximum absolute atomic E-state index is 11.7. The minimum Gasteiger partial charge on any atom is -0.369 e. The van der Waals surface area contributed by atoms with Crippen molar-refractivity contribution in [1.82, 2.24) is 15.3 Å². The summed E-state index contributed by atoms with van der Waals surface area (Å²) in [6.07, 6.45) is 2.13. The van der Waals surface area contributed by atoms with Crippen LogP contribution in [-0.2, 0) is 11.2 Å². The molecule has 5 N–H and O–H groups in total. The highest BCUT2D eigenvalue weighted by Gasteiger charge is 2.13. The van der Waals surface area contributed by atoms with Crippen LogP contribution in [0.15, 0.2) is 6.07 Å². The number of aromatic nitrogens is 2. The summed E-state index contributed by atoms with van der Waals surface area (Å²) in [5.74, 6) is 7.37. The minimum atomic E-state index is -0.211. The third kappa shape index (κ3) is 6.89. The van der Waals surface area contributed by atoms with Crippen LogP contribution in [-0.4, -0.2) is 28.0 Å². The van der Waals surface area contributed by atoms with E-state index in [-0.39, 0.29) is 11.4 Å². The molecule has 0 fully saturated rings. The van der Waals surface area contributed by atoms with E-state index in [9.17, 15) is 4.79 Å². The molecule has 21 heavy (non-hydrogen) atoms. The number of nitrogens with two attached hydrogens (primary N) is 1. The Hall–Kier alpha value is -1.89. The Morgan fingerprint density at radius 2 is 1.95 bits per heavy atom. The highest BCUT2D eigenvalue weighted by molar-refractivity contribution is 5.77. The Morgan fingerprint density at radius 1 is 1.29 bits per heavy atom. The zero-order valence-electron chi connectivity index (χ0n) is 13.3. The number of hydrogen-bond acceptors (Lipinski definition) is 6. The first-order chi connectivity index (χ1) is 9.84. The lowest BCUT2D eigenvalue weighted by atomic mass is 10.1. The third-order valence-electron chi connectivity index (χ3n) is 2.57. The van der Waals surface area contributed by atoms with Gasteiger partial charge in [0.15, 0.2) is 0 Å². The maximum atomic E-state index is 11.7. The van der Waals surface area contributed by atoms with Gasteiger partial charge >= 0.3 is 0 Å². The van der Waals surface area contributed by atoms with Crippen molar-refractivity contribution in [3.8, 4) is 0 Å². The van der Waals surface area contributed by atoms with Gasteiger partial charge in [-0.05, 0) is 27.2 Å². The summed E-state index contributed by atoms with van der Waals surface area (Å²) in [5.41, 5.74) is 2.31. The van der Waals surface area contributed by atoms with Crippen LogP contribution in [0.4, 0.5) is 11.6 Å². The summed E-state index contributed by atoms with van der Waals surface area (Å²) in [4.78, 5) is 20.4. The smallest absolute Gasteiger partial charge is 0.222 e. The van der Waals surface area contributed by atoms with Crippen LogP contribution in [0, 0.1) is 0 Å². The second-order valence-corrected chi connectivity index (χ2v) is 5.92. The van der Waals surface area contributed by atoms with E-state index in [2.05, 4.69) is 33.0 Å². The fraction of sp³-hybridized carbons (Fsp3) is 0.643. The molecule has 118 valence electrons. The van der Waals surface area contributed by atoms with Crippen molar-refractivity contribution in [2.45, 2.75) is 52.5 Å². The van der Waals surface area contributed by atoms with E-state index < -0.39 is 0 Å². The van der Waals surface area contributed by atoms with Gasteiger partial charge in [0.05, 0.1) is 0 Å². The fourth-order valence-corrected chi connectivity index (χ4v) is 1.78. The van der Waals surface area contributed by atoms with Crippen molar-refractivity contribution in [2.24, 2.45) is 5.84 Å². The van der Waals surface area contributed by atoms with Crippen LogP contribution in [0.2, 0.25) is 0 Å². The molecule has 7 heteroatoms. The van der Waals surface area contributed by atoms with Crippen LogP contribution in [0.3, 0.4) is 0 Å². The molecule has 7 nitrogen and oxygen atoms in total. The molecule has 0 spiro atoms. The Labute approximate surface area is 126 Å². The molecule has 0 saturated carbocycles. The number of rotatable bonds is 7. The summed E-state index contributed by atoms with van der Waals surface area (Å²) < 4.78 is 0. The van der Waals surface area contributed by atoms with Gasteiger partial charge in [-0.2, -0.15) is 0 Å². The van der Waals surface area contributed by atoms with Gasteiger partial charge in [0, 0.05) is 31.0 Å². The number of amides is 1. The van der Waals surface area contributed by atoms with E-state index in [1.807, 2.05) is 20.8 Å². The van der Waals surface area contributed by atoms with Crippen LogP contribution in [0.5, 0.6) is 0 Å². The number of nitrogens with one attached hydrogen (secondary N) is 3. The van der Waals surface area contributed by atoms with Gasteiger partial charge in [0.2, 0.25) is 5.91 Å². The predicted octanol–water partition coefficient (Wildman–Crippen LogP) is 1.43. The molecule has 0 unspecified atom stereocenters. The summed E-state index contributed by atoms with van der Waals surface area (Å²) in [5, 5.41) is 6.04. The largest absolute Gasteiger partial charge is 0.369 e. The summed E-state index contributed by atoms with van der Waals surface area (Å²) in [6.45, 7) is 8.45. The second kappa shape index (κ2) is 7.78. The number of hydrogen-bond donors (Lipinski definition) is 4. The third-order valence-corrected chi connectivity index (χ3v) is 2.57. The molecule has 0 atom stereocenters. The Kier molecular flexibility index (Phi) is 6.36. The van der Waals surface area contributed by atoms with Crippen molar-refractivity contribution < 1.29 is 4.79 Å².